The monoisotopic (exact) mass is 414 g/mol. The van der Waals surface area contributed by atoms with E-state index in [2.05, 4.69) is 10.3 Å². The number of sulfone groups is 1. The number of amides is 1. The number of rotatable bonds is 7. The Morgan fingerprint density at radius 3 is 2.59 bits per heavy atom. The molecule has 6 nitrogen and oxygen atoms in total. The topological polar surface area (TPSA) is 85.4 Å². The Labute approximate surface area is 171 Å². The molecule has 1 fully saturated rings. The Hall–Kier alpha value is -2.67. The number of para-hydroxylation sites is 1. The molecule has 1 aliphatic carbocycles. The molecule has 1 amide bonds. The van der Waals surface area contributed by atoms with Gasteiger partial charge in [0.2, 0.25) is 0 Å². The van der Waals surface area contributed by atoms with Gasteiger partial charge in [0, 0.05) is 41.6 Å². The van der Waals surface area contributed by atoms with Crippen LogP contribution < -0.4 is 10.1 Å². The molecule has 0 saturated heterocycles. The Kier molecular flexibility index (Phi) is 6.69. The minimum Gasteiger partial charge on any atom is -0.456 e. The molecule has 1 aromatic heterocycles. The van der Waals surface area contributed by atoms with Gasteiger partial charge >= 0.3 is 0 Å². The highest BCUT2D eigenvalue weighted by atomic mass is 32.2. The van der Waals surface area contributed by atoms with Crippen LogP contribution in [0.4, 0.5) is 0 Å². The molecule has 29 heavy (non-hydrogen) atoms. The van der Waals surface area contributed by atoms with Gasteiger partial charge in [0.05, 0.1) is 0 Å². The average Bonchev–Trinajstić information content (AvgIpc) is 3.21. The zero-order valence-electron chi connectivity index (χ0n) is 16.7. The van der Waals surface area contributed by atoms with Crippen molar-refractivity contribution in [2.24, 2.45) is 0 Å². The Balaban J connectivity index is 1.85. The number of hydrogen-bond donors (Lipinski definition) is 1. The molecule has 1 N–H and O–H groups in total. The zero-order valence-corrected chi connectivity index (χ0v) is 17.5. The maximum atomic E-state index is 12.8. The van der Waals surface area contributed by atoms with Crippen molar-refractivity contribution in [1.82, 2.24) is 10.3 Å². The molecule has 1 aliphatic rings. The lowest BCUT2D eigenvalue weighted by Crippen LogP contribution is -2.31. The van der Waals surface area contributed by atoms with Crippen molar-refractivity contribution in [1.29, 1.82) is 0 Å². The number of ether oxygens (including phenoxy) is 1. The first-order valence-corrected chi connectivity index (χ1v) is 11.7. The molecule has 1 atom stereocenters. The molecule has 3 rings (SSSR count). The summed E-state index contributed by atoms with van der Waals surface area (Å²) >= 11 is 0. The quantitative estimate of drug-likeness (QED) is 0.734. The molecular weight excluding hydrogens is 388 g/mol. The molecule has 1 aromatic carbocycles. The van der Waals surface area contributed by atoms with Gasteiger partial charge in [-0.1, -0.05) is 37.1 Å². The molecule has 1 heterocycles. The molecule has 0 aliphatic heterocycles. The average molecular weight is 415 g/mol. The van der Waals surface area contributed by atoms with E-state index in [1.807, 2.05) is 36.4 Å². The van der Waals surface area contributed by atoms with Gasteiger partial charge in [-0.05, 0) is 31.9 Å². The third-order valence-electron chi connectivity index (χ3n) is 4.85. The van der Waals surface area contributed by atoms with Crippen LogP contribution in [-0.4, -0.2) is 31.6 Å². The van der Waals surface area contributed by atoms with Crippen LogP contribution in [0, 0.1) is 0 Å². The third kappa shape index (κ3) is 6.15. The van der Waals surface area contributed by atoms with Crippen LogP contribution in [0.3, 0.4) is 0 Å². The first-order valence-electron chi connectivity index (χ1n) is 9.74. The van der Waals surface area contributed by atoms with Crippen molar-refractivity contribution in [3.8, 4) is 11.5 Å². The van der Waals surface area contributed by atoms with Gasteiger partial charge in [0.25, 0.3) is 5.91 Å². The summed E-state index contributed by atoms with van der Waals surface area (Å²) in [6, 6.07) is 10.7. The molecule has 0 radical (unpaired) electrons. The van der Waals surface area contributed by atoms with Gasteiger partial charge in [-0.2, -0.15) is 0 Å². The number of hydrogen-bond acceptors (Lipinski definition) is 5. The smallest absolute Gasteiger partial charge is 0.257 e. The number of aromatic nitrogens is 1. The van der Waals surface area contributed by atoms with Crippen LogP contribution in [0.15, 0.2) is 54.1 Å². The van der Waals surface area contributed by atoms with E-state index in [4.69, 9.17) is 4.74 Å². The van der Waals surface area contributed by atoms with Crippen molar-refractivity contribution in [3.63, 3.8) is 0 Å². The fourth-order valence-corrected chi connectivity index (χ4v) is 3.88. The largest absolute Gasteiger partial charge is 0.456 e. The Morgan fingerprint density at radius 1 is 1.24 bits per heavy atom. The predicted octanol–water partition coefficient (Wildman–Crippen LogP) is 4.21. The van der Waals surface area contributed by atoms with Crippen LogP contribution in [0.5, 0.6) is 11.5 Å². The van der Waals surface area contributed by atoms with Gasteiger partial charge in [-0.15, -0.1) is 0 Å². The lowest BCUT2D eigenvalue weighted by molar-refractivity contribution is 0.0944. The van der Waals surface area contributed by atoms with Crippen LogP contribution in [-0.2, 0) is 9.84 Å². The van der Waals surface area contributed by atoms with E-state index in [0.29, 0.717) is 23.0 Å². The summed E-state index contributed by atoms with van der Waals surface area (Å²) in [6.45, 7) is 1.71. The first-order chi connectivity index (χ1) is 13.8. The van der Waals surface area contributed by atoms with Crippen LogP contribution >= 0.6 is 0 Å². The van der Waals surface area contributed by atoms with Gasteiger partial charge in [0.1, 0.15) is 17.1 Å². The number of carbonyl (C=O) groups is 1. The Morgan fingerprint density at radius 2 is 1.93 bits per heavy atom. The van der Waals surface area contributed by atoms with Gasteiger partial charge in [-0.3, -0.25) is 9.78 Å². The zero-order chi connectivity index (χ0) is 20.9. The van der Waals surface area contributed by atoms with E-state index in [1.165, 1.54) is 18.9 Å². The van der Waals surface area contributed by atoms with Crippen LogP contribution in [0.25, 0.3) is 0 Å². The fraction of sp³-hybridized carbons (Fsp3) is 0.364. The number of pyridine rings is 1. The maximum absolute atomic E-state index is 12.8. The van der Waals surface area contributed by atoms with E-state index in [9.17, 15) is 13.2 Å². The highest BCUT2D eigenvalue weighted by molar-refractivity contribution is 7.93. The standard InChI is InChI=1S/C22H26N2O4S/c1-16(12-13-29(2,26)27)24-22(25)19-15-23-20(17-8-6-7-9-17)14-21(19)28-18-10-4-3-5-11-18/h3-5,10-17H,6-9H2,1-2H3,(H,24,25)/b13-12+. The van der Waals surface area contributed by atoms with Crippen molar-refractivity contribution in [3.05, 3.63) is 65.3 Å². The Bertz CT molecular complexity index is 981. The van der Waals surface area contributed by atoms with E-state index in [0.717, 1.165) is 30.2 Å². The fourth-order valence-electron chi connectivity index (χ4n) is 3.36. The number of nitrogens with one attached hydrogen (secondary N) is 1. The van der Waals surface area contributed by atoms with Gasteiger partial charge < -0.3 is 10.1 Å². The van der Waals surface area contributed by atoms with Gasteiger partial charge in [-0.25, -0.2) is 8.42 Å². The molecule has 7 heteroatoms. The summed E-state index contributed by atoms with van der Waals surface area (Å²) in [5, 5.41) is 3.86. The van der Waals surface area contributed by atoms with Crippen LogP contribution in [0.2, 0.25) is 0 Å². The second-order valence-electron chi connectivity index (χ2n) is 7.42. The van der Waals surface area contributed by atoms with Crippen molar-refractivity contribution in [2.75, 3.05) is 6.26 Å². The van der Waals surface area contributed by atoms with Crippen molar-refractivity contribution < 1.29 is 17.9 Å². The highest BCUT2D eigenvalue weighted by Crippen LogP contribution is 2.36. The maximum Gasteiger partial charge on any atom is 0.257 e. The van der Waals surface area contributed by atoms with Crippen molar-refractivity contribution in [2.45, 2.75) is 44.6 Å². The molecule has 1 unspecified atom stereocenters. The SMILES string of the molecule is CC(/C=C/S(C)(=O)=O)NC(=O)c1cnc(C2CCCC2)cc1Oc1ccccc1. The number of nitrogens with zero attached hydrogens (tertiary/aromatic N) is 1. The molecule has 2 aromatic rings. The van der Waals surface area contributed by atoms with E-state index >= 15 is 0 Å². The van der Waals surface area contributed by atoms with E-state index in [-0.39, 0.29) is 5.91 Å². The molecule has 1 saturated carbocycles. The molecule has 0 spiro atoms. The third-order valence-corrected chi connectivity index (χ3v) is 5.50. The molecule has 154 valence electrons. The normalized spacial score (nSPS) is 16.1. The summed E-state index contributed by atoms with van der Waals surface area (Å²) in [6.07, 6.45) is 8.66. The number of benzene rings is 1. The lowest BCUT2D eigenvalue weighted by atomic mass is 10.0. The second-order valence-corrected chi connectivity index (χ2v) is 9.35. The predicted molar refractivity (Wildman–Crippen MR) is 113 cm³/mol. The number of carbonyl (C=O) groups excluding carboxylic acids is 1. The summed E-state index contributed by atoms with van der Waals surface area (Å²) in [7, 11) is -3.25. The van der Waals surface area contributed by atoms with E-state index in [1.54, 1.807) is 13.1 Å². The summed E-state index contributed by atoms with van der Waals surface area (Å²) in [5.74, 6) is 1.11. The van der Waals surface area contributed by atoms with E-state index < -0.39 is 15.9 Å². The minimum absolute atomic E-state index is 0.315. The first kappa shape index (κ1) is 21.0. The van der Waals surface area contributed by atoms with Crippen LogP contribution in [0.1, 0.15) is 54.6 Å². The lowest BCUT2D eigenvalue weighted by Gasteiger charge is -2.16. The summed E-state index contributed by atoms with van der Waals surface area (Å²) < 4.78 is 28.6. The highest BCUT2D eigenvalue weighted by Gasteiger charge is 2.22. The summed E-state index contributed by atoms with van der Waals surface area (Å²) in [4.78, 5) is 17.3. The second kappa shape index (κ2) is 9.22. The molecular formula is C22H26N2O4S. The summed E-state index contributed by atoms with van der Waals surface area (Å²) in [5.41, 5.74) is 1.25. The van der Waals surface area contributed by atoms with Crippen molar-refractivity contribution >= 4 is 15.7 Å². The minimum atomic E-state index is -3.25. The molecule has 0 bridgehead atoms. The van der Waals surface area contributed by atoms with Gasteiger partial charge in [0.15, 0.2) is 9.84 Å².